The predicted molar refractivity (Wildman–Crippen MR) is 87.2 cm³/mol. The zero-order chi connectivity index (χ0) is 16.7. The molecule has 0 fully saturated rings. The monoisotopic (exact) mass is 354 g/mol. The summed E-state index contributed by atoms with van der Waals surface area (Å²) in [4.78, 5) is 22.8. The van der Waals surface area contributed by atoms with Crippen molar-refractivity contribution >= 4 is 35.2 Å². The number of halogens is 1. The van der Waals surface area contributed by atoms with Crippen molar-refractivity contribution in [3.8, 4) is 11.5 Å². The fraction of sp³-hybridized carbons (Fsp3) is 0.286. The molecule has 1 aromatic carbocycles. The molecule has 0 aliphatic carbocycles. The van der Waals surface area contributed by atoms with Gasteiger partial charge < -0.3 is 15.1 Å². The first kappa shape index (κ1) is 17.3. The van der Waals surface area contributed by atoms with Gasteiger partial charge in [0.05, 0.1) is 12.3 Å². The first-order chi connectivity index (χ1) is 11.1. The number of thioether (sulfide) groups is 1. The average molecular weight is 355 g/mol. The van der Waals surface area contributed by atoms with Crippen LogP contribution in [0.2, 0.25) is 5.02 Å². The molecule has 2 rings (SSSR count). The van der Waals surface area contributed by atoms with Crippen molar-refractivity contribution in [3.05, 3.63) is 29.3 Å². The van der Waals surface area contributed by atoms with E-state index in [1.165, 1.54) is 0 Å². The largest absolute Gasteiger partial charge is 0.411 e. The fourth-order valence-electron chi connectivity index (χ4n) is 1.59. The van der Waals surface area contributed by atoms with Crippen molar-refractivity contribution in [2.24, 2.45) is 0 Å². The molecule has 122 valence electrons. The van der Waals surface area contributed by atoms with Crippen LogP contribution >= 0.6 is 23.4 Å². The lowest BCUT2D eigenvalue weighted by atomic mass is 10.2. The molecule has 23 heavy (non-hydrogen) atoms. The molecule has 0 bridgehead atoms. The minimum absolute atomic E-state index is 0.0485. The van der Waals surface area contributed by atoms with Gasteiger partial charge in [0.15, 0.2) is 0 Å². The lowest BCUT2D eigenvalue weighted by Gasteiger charge is -2.03. The first-order valence-corrected chi connectivity index (χ1v) is 8.20. The highest BCUT2D eigenvalue weighted by Gasteiger charge is 2.11. The van der Waals surface area contributed by atoms with Gasteiger partial charge in [-0.2, -0.15) is 0 Å². The van der Waals surface area contributed by atoms with Crippen molar-refractivity contribution < 1.29 is 14.0 Å². The summed E-state index contributed by atoms with van der Waals surface area (Å²) < 4.78 is 5.46. The van der Waals surface area contributed by atoms with E-state index in [0.717, 1.165) is 17.3 Å². The molecular weight excluding hydrogens is 340 g/mol. The number of rotatable bonds is 7. The van der Waals surface area contributed by atoms with Crippen molar-refractivity contribution in [3.63, 3.8) is 0 Å². The van der Waals surface area contributed by atoms with Crippen molar-refractivity contribution in [2.75, 3.05) is 18.8 Å². The van der Waals surface area contributed by atoms with E-state index >= 15 is 0 Å². The maximum atomic E-state index is 11.6. The number of benzene rings is 1. The molecule has 7 nitrogen and oxygen atoms in total. The van der Waals surface area contributed by atoms with E-state index < -0.39 is 0 Å². The van der Waals surface area contributed by atoms with Gasteiger partial charge in [-0.3, -0.25) is 9.59 Å². The quantitative estimate of drug-likeness (QED) is 0.735. The van der Waals surface area contributed by atoms with Gasteiger partial charge in [-0.25, -0.2) is 0 Å². The smallest absolute Gasteiger partial charge is 0.277 e. The summed E-state index contributed by atoms with van der Waals surface area (Å²) in [5, 5.41) is 13.8. The number of amides is 2. The summed E-state index contributed by atoms with van der Waals surface area (Å²) in [6.45, 7) is 2.29. The SMILES string of the molecule is CCNC(=O)CNC(=O)CSc1nnc(-c2ccc(Cl)cc2)o1. The van der Waals surface area contributed by atoms with Crippen LogP contribution in [0.4, 0.5) is 0 Å². The second-order valence-electron chi connectivity index (χ2n) is 4.40. The Morgan fingerprint density at radius 2 is 1.91 bits per heavy atom. The van der Waals surface area contributed by atoms with E-state index in [4.69, 9.17) is 16.0 Å². The minimum atomic E-state index is -0.285. The Bertz CT molecular complexity index is 675. The molecule has 0 saturated heterocycles. The molecule has 1 aromatic heterocycles. The predicted octanol–water partition coefficient (Wildman–Crippen LogP) is 1.73. The molecule has 0 saturated carbocycles. The summed E-state index contributed by atoms with van der Waals surface area (Å²) in [5.41, 5.74) is 0.745. The van der Waals surface area contributed by atoms with Gasteiger partial charge in [0.2, 0.25) is 17.7 Å². The van der Waals surface area contributed by atoms with Crippen LogP contribution in [0, 0.1) is 0 Å². The second kappa shape index (κ2) is 8.54. The maximum Gasteiger partial charge on any atom is 0.277 e. The zero-order valence-electron chi connectivity index (χ0n) is 12.3. The Morgan fingerprint density at radius 1 is 1.17 bits per heavy atom. The Kier molecular flexibility index (Phi) is 6.42. The van der Waals surface area contributed by atoms with E-state index in [-0.39, 0.29) is 29.3 Å². The number of hydrogen-bond acceptors (Lipinski definition) is 6. The number of nitrogens with zero attached hydrogens (tertiary/aromatic N) is 2. The lowest BCUT2D eigenvalue weighted by molar-refractivity contribution is -0.124. The van der Waals surface area contributed by atoms with Gasteiger partial charge in [-0.15, -0.1) is 10.2 Å². The minimum Gasteiger partial charge on any atom is -0.411 e. The average Bonchev–Trinajstić information content (AvgIpc) is 3.01. The third-order valence-electron chi connectivity index (χ3n) is 2.64. The molecule has 0 aliphatic rings. The van der Waals surface area contributed by atoms with E-state index in [9.17, 15) is 9.59 Å². The van der Waals surface area contributed by atoms with Gasteiger partial charge >= 0.3 is 0 Å². The van der Waals surface area contributed by atoms with Gasteiger partial charge in [0.1, 0.15) is 0 Å². The highest BCUT2D eigenvalue weighted by atomic mass is 35.5. The molecule has 9 heteroatoms. The number of aromatic nitrogens is 2. The number of nitrogens with one attached hydrogen (secondary N) is 2. The van der Waals surface area contributed by atoms with Crippen LogP contribution in [0.25, 0.3) is 11.5 Å². The standard InChI is InChI=1S/C14H15ClN4O3S/c1-2-16-11(20)7-17-12(21)8-23-14-19-18-13(22-14)9-3-5-10(15)6-4-9/h3-6H,2,7-8H2,1H3,(H,16,20)(H,17,21). The highest BCUT2D eigenvalue weighted by molar-refractivity contribution is 7.99. The van der Waals surface area contributed by atoms with Gasteiger partial charge in [0, 0.05) is 17.1 Å². The van der Waals surface area contributed by atoms with Crippen LogP contribution in [0.3, 0.4) is 0 Å². The molecule has 1 heterocycles. The van der Waals surface area contributed by atoms with E-state index in [1.54, 1.807) is 24.3 Å². The Morgan fingerprint density at radius 3 is 2.61 bits per heavy atom. The second-order valence-corrected chi connectivity index (χ2v) is 5.76. The van der Waals surface area contributed by atoms with E-state index in [0.29, 0.717) is 17.5 Å². The number of carbonyl (C=O) groups is 2. The summed E-state index contributed by atoms with van der Waals surface area (Å²) in [5.74, 6) is -0.0742. The molecule has 0 atom stereocenters. The van der Waals surface area contributed by atoms with Crippen LogP contribution in [0.1, 0.15) is 6.92 Å². The third-order valence-corrected chi connectivity index (χ3v) is 3.71. The Hall–Kier alpha value is -2.06. The number of likely N-dealkylation sites (N-methyl/N-ethyl adjacent to an activating group) is 1. The fourth-order valence-corrected chi connectivity index (χ4v) is 2.31. The number of carbonyl (C=O) groups excluding carboxylic acids is 2. The summed E-state index contributed by atoms with van der Waals surface area (Å²) in [6, 6.07) is 6.98. The first-order valence-electron chi connectivity index (χ1n) is 6.84. The normalized spacial score (nSPS) is 10.3. The van der Waals surface area contributed by atoms with Gasteiger partial charge in [-0.1, -0.05) is 23.4 Å². The van der Waals surface area contributed by atoms with Crippen LogP contribution in [-0.2, 0) is 9.59 Å². The van der Waals surface area contributed by atoms with Crippen LogP contribution in [0.5, 0.6) is 0 Å². The molecular formula is C14H15ClN4O3S. The molecule has 2 amide bonds. The number of hydrogen-bond donors (Lipinski definition) is 2. The van der Waals surface area contributed by atoms with E-state index in [1.807, 2.05) is 6.92 Å². The molecule has 0 spiro atoms. The topological polar surface area (TPSA) is 97.1 Å². The summed E-state index contributed by atoms with van der Waals surface area (Å²) in [7, 11) is 0. The van der Waals surface area contributed by atoms with Crippen molar-refractivity contribution in [1.82, 2.24) is 20.8 Å². The highest BCUT2D eigenvalue weighted by Crippen LogP contribution is 2.24. The van der Waals surface area contributed by atoms with Crippen LogP contribution < -0.4 is 10.6 Å². The zero-order valence-corrected chi connectivity index (χ0v) is 13.9. The molecule has 0 aliphatic heterocycles. The molecule has 2 N–H and O–H groups in total. The molecule has 0 unspecified atom stereocenters. The van der Waals surface area contributed by atoms with Crippen LogP contribution in [0.15, 0.2) is 33.9 Å². The van der Waals surface area contributed by atoms with Gasteiger partial charge in [0.25, 0.3) is 5.22 Å². The lowest BCUT2D eigenvalue weighted by Crippen LogP contribution is -2.37. The van der Waals surface area contributed by atoms with Crippen molar-refractivity contribution in [1.29, 1.82) is 0 Å². The summed E-state index contributed by atoms with van der Waals surface area (Å²) in [6.07, 6.45) is 0. The Balaban J connectivity index is 1.81. The maximum absolute atomic E-state index is 11.6. The Labute approximate surface area is 142 Å². The van der Waals surface area contributed by atoms with Crippen LogP contribution in [-0.4, -0.2) is 40.9 Å². The summed E-state index contributed by atoms with van der Waals surface area (Å²) >= 11 is 6.92. The third kappa shape index (κ3) is 5.57. The van der Waals surface area contributed by atoms with E-state index in [2.05, 4.69) is 20.8 Å². The van der Waals surface area contributed by atoms with Crippen molar-refractivity contribution in [2.45, 2.75) is 12.1 Å². The molecule has 2 aromatic rings. The van der Waals surface area contributed by atoms with Gasteiger partial charge in [-0.05, 0) is 31.2 Å². The molecule has 0 radical (unpaired) electrons.